The highest BCUT2D eigenvalue weighted by Crippen LogP contribution is 2.30. The van der Waals surface area contributed by atoms with Crippen LogP contribution in [0.3, 0.4) is 0 Å². The maximum atomic E-state index is 11.3. The Hall–Kier alpha value is -2.65. The Bertz CT molecular complexity index is 660. The van der Waals surface area contributed by atoms with Crippen LogP contribution in [0.25, 0.3) is 0 Å². The number of benzene rings is 2. The number of ether oxygens (including phenoxy) is 1. The van der Waals surface area contributed by atoms with Gasteiger partial charge < -0.3 is 9.84 Å². The van der Waals surface area contributed by atoms with Crippen LogP contribution in [0.15, 0.2) is 85.2 Å². The first-order chi connectivity index (χ1) is 10.8. The fourth-order valence-corrected chi connectivity index (χ4v) is 2.36. The normalized spacial score (nSPS) is 13.3. The highest BCUT2D eigenvalue weighted by molar-refractivity contribution is 5.35. The number of aromatic nitrogens is 1. The molecule has 1 N–H and O–H groups in total. The number of nitrogens with zero attached hydrogens (tertiary/aromatic N) is 1. The molecule has 3 aromatic rings. The summed E-state index contributed by atoms with van der Waals surface area (Å²) in [5.41, 5.74) is 0.238. The minimum atomic E-state index is -1.24. The number of aliphatic hydroxyl groups is 1. The Labute approximate surface area is 129 Å². The second-order valence-electron chi connectivity index (χ2n) is 5.07. The molecule has 0 radical (unpaired) electrons. The van der Waals surface area contributed by atoms with Gasteiger partial charge in [0.25, 0.3) is 0 Å². The van der Waals surface area contributed by atoms with Crippen molar-refractivity contribution in [2.24, 2.45) is 0 Å². The van der Waals surface area contributed by atoms with Gasteiger partial charge in [-0.2, -0.15) is 0 Å². The van der Waals surface area contributed by atoms with E-state index in [1.54, 1.807) is 12.4 Å². The predicted molar refractivity (Wildman–Crippen MR) is 85.6 cm³/mol. The summed E-state index contributed by atoms with van der Waals surface area (Å²) in [4.78, 5) is 4.12. The standard InChI is InChI=1S/C19H17NO2/c21-19(16-8-3-1-4-9-16,17-10-7-13-20-14-17)15-22-18-11-5-2-6-12-18/h1-14,21H,15H2. The molecule has 0 saturated heterocycles. The third-order valence-corrected chi connectivity index (χ3v) is 3.58. The highest BCUT2D eigenvalue weighted by Gasteiger charge is 2.32. The van der Waals surface area contributed by atoms with Crippen LogP contribution in [-0.2, 0) is 5.60 Å². The summed E-state index contributed by atoms with van der Waals surface area (Å²) in [5, 5.41) is 11.3. The zero-order valence-corrected chi connectivity index (χ0v) is 12.1. The lowest BCUT2D eigenvalue weighted by molar-refractivity contribution is 0.0273. The molecule has 0 saturated carbocycles. The van der Waals surface area contributed by atoms with Crippen molar-refractivity contribution >= 4 is 0 Å². The quantitative estimate of drug-likeness (QED) is 0.783. The van der Waals surface area contributed by atoms with E-state index in [4.69, 9.17) is 4.74 Å². The molecule has 0 aliphatic rings. The molecule has 0 fully saturated rings. The number of hydrogen-bond donors (Lipinski definition) is 1. The van der Waals surface area contributed by atoms with E-state index in [0.717, 1.165) is 11.3 Å². The molecule has 3 rings (SSSR count). The van der Waals surface area contributed by atoms with Crippen molar-refractivity contribution in [1.29, 1.82) is 0 Å². The Balaban J connectivity index is 1.93. The molecule has 0 aliphatic carbocycles. The van der Waals surface area contributed by atoms with Crippen molar-refractivity contribution in [2.75, 3.05) is 6.61 Å². The largest absolute Gasteiger partial charge is 0.490 e. The zero-order chi connectivity index (χ0) is 15.3. The van der Waals surface area contributed by atoms with Gasteiger partial charge in [0.15, 0.2) is 0 Å². The molecule has 3 nitrogen and oxygen atoms in total. The molecule has 1 atom stereocenters. The van der Waals surface area contributed by atoms with Crippen LogP contribution in [0.1, 0.15) is 11.1 Å². The van der Waals surface area contributed by atoms with E-state index in [1.165, 1.54) is 0 Å². The van der Waals surface area contributed by atoms with Gasteiger partial charge in [0, 0.05) is 18.0 Å². The van der Waals surface area contributed by atoms with Gasteiger partial charge in [-0.1, -0.05) is 54.6 Å². The fourth-order valence-electron chi connectivity index (χ4n) is 2.36. The lowest BCUT2D eigenvalue weighted by Crippen LogP contribution is -2.34. The third kappa shape index (κ3) is 3.00. The minimum Gasteiger partial charge on any atom is -0.490 e. The van der Waals surface area contributed by atoms with E-state index in [1.807, 2.05) is 72.8 Å². The summed E-state index contributed by atoms with van der Waals surface area (Å²) in [6.07, 6.45) is 3.36. The zero-order valence-electron chi connectivity index (χ0n) is 12.1. The first-order valence-electron chi connectivity index (χ1n) is 7.15. The highest BCUT2D eigenvalue weighted by atomic mass is 16.5. The van der Waals surface area contributed by atoms with Crippen molar-refractivity contribution in [3.05, 3.63) is 96.3 Å². The molecule has 0 amide bonds. The molecule has 2 aromatic carbocycles. The van der Waals surface area contributed by atoms with Crippen molar-refractivity contribution in [1.82, 2.24) is 4.98 Å². The topological polar surface area (TPSA) is 42.4 Å². The average molecular weight is 291 g/mol. The van der Waals surface area contributed by atoms with Crippen LogP contribution in [0.5, 0.6) is 5.75 Å². The number of hydrogen-bond acceptors (Lipinski definition) is 3. The lowest BCUT2D eigenvalue weighted by atomic mass is 9.88. The lowest BCUT2D eigenvalue weighted by Gasteiger charge is -2.29. The SMILES string of the molecule is OC(COc1ccccc1)(c1ccccc1)c1cccnc1. The maximum Gasteiger partial charge on any atom is 0.150 e. The van der Waals surface area contributed by atoms with Gasteiger partial charge in [0.2, 0.25) is 0 Å². The van der Waals surface area contributed by atoms with E-state index in [0.29, 0.717) is 5.56 Å². The van der Waals surface area contributed by atoms with Crippen molar-refractivity contribution < 1.29 is 9.84 Å². The van der Waals surface area contributed by atoms with Crippen LogP contribution >= 0.6 is 0 Å². The van der Waals surface area contributed by atoms with E-state index in [2.05, 4.69) is 4.98 Å². The van der Waals surface area contributed by atoms with E-state index >= 15 is 0 Å². The molecular formula is C19H17NO2. The molecule has 1 unspecified atom stereocenters. The molecule has 1 heterocycles. The monoisotopic (exact) mass is 291 g/mol. The van der Waals surface area contributed by atoms with Crippen LogP contribution < -0.4 is 4.74 Å². The van der Waals surface area contributed by atoms with Gasteiger partial charge in [-0.05, 0) is 23.8 Å². The Morgan fingerprint density at radius 1 is 0.818 bits per heavy atom. The fraction of sp³-hybridized carbons (Fsp3) is 0.105. The number of pyridine rings is 1. The van der Waals surface area contributed by atoms with Gasteiger partial charge in [0.05, 0.1) is 0 Å². The molecule has 0 aliphatic heterocycles. The van der Waals surface area contributed by atoms with Crippen molar-refractivity contribution in [3.63, 3.8) is 0 Å². The van der Waals surface area contributed by atoms with Crippen molar-refractivity contribution in [3.8, 4) is 5.75 Å². The molecule has 22 heavy (non-hydrogen) atoms. The summed E-state index contributed by atoms with van der Waals surface area (Å²) in [6, 6.07) is 22.6. The van der Waals surface area contributed by atoms with Crippen LogP contribution in [0, 0.1) is 0 Å². The summed E-state index contributed by atoms with van der Waals surface area (Å²) < 4.78 is 5.80. The summed E-state index contributed by atoms with van der Waals surface area (Å²) >= 11 is 0. The smallest absolute Gasteiger partial charge is 0.150 e. The summed E-state index contributed by atoms with van der Waals surface area (Å²) in [5.74, 6) is 0.723. The first kappa shape index (κ1) is 14.3. The minimum absolute atomic E-state index is 0.118. The van der Waals surface area contributed by atoms with Crippen LogP contribution in [0.4, 0.5) is 0 Å². The van der Waals surface area contributed by atoms with Gasteiger partial charge in [-0.15, -0.1) is 0 Å². The van der Waals surface area contributed by atoms with E-state index in [-0.39, 0.29) is 6.61 Å². The Kier molecular flexibility index (Phi) is 4.17. The first-order valence-corrected chi connectivity index (χ1v) is 7.15. The van der Waals surface area contributed by atoms with Gasteiger partial charge in [-0.3, -0.25) is 4.98 Å². The molecular weight excluding hydrogens is 274 g/mol. The van der Waals surface area contributed by atoms with Gasteiger partial charge in [-0.25, -0.2) is 0 Å². The number of para-hydroxylation sites is 1. The molecule has 1 aromatic heterocycles. The summed E-state index contributed by atoms with van der Waals surface area (Å²) in [6.45, 7) is 0.118. The summed E-state index contributed by atoms with van der Waals surface area (Å²) in [7, 11) is 0. The number of rotatable bonds is 5. The van der Waals surface area contributed by atoms with E-state index in [9.17, 15) is 5.11 Å². The third-order valence-electron chi connectivity index (χ3n) is 3.58. The van der Waals surface area contributed by atoms with E-state index < -0.39 is 5.60 Å². The Morgan fingerprint density at radius 2 is 1.45 bits per heavy atom. The van der Waals surface area contributed by atoms with Gasteiger partial charge >= 0.3 is 0 Å². The molecule has 3 heteroatoms. The van der Waals surface area contributed by atoms with Crippen LogP contribution in [0.2, 0.25) is 0 Å². The second kappa shape index (κ2) is 6.41. The molecule has 0 bridgehead atoms. The predicted octanol–water partition coefficient (Wildman–Crippen LogP) is 3.40. The molecule has 0 spiro atoms. The average Bonchev–Trinajstić information content (AvgIpc) is 2.62. The van der Waals surface area contributed by atoms with Crippen LogP contribution in [-0.4, -0.2) is 16.7 Å². The maximum absolute atomic E-state index is 11.3. The molecule has 110 valence electrons. The Morgan fingerprint density at radius 3 is 2.09 bits per heavy atom. The second-order valence-corrected chi connectivity index (χ2v) is 5.07. The van der Waals surface area contributed by atoms with Crippen molar-refractivity contribution in [2.45, 2.75) is 5.60 Å². The van der Waals surface area contributed by atoms with Gasteiger partial charge in [0.1, 0.15) is 18.0 Å².